The lowest BCUT2D eigenvalue weighted by atomic mass is 10.1. The molecule has 1 N–H and O–H groups in total. The number of hydrogen-bond acceptors (Lipinski definition) is 3. The third-order valence-electron chi connectivity index (χ3n) is 2.75. The summed E-state index contributed by atoms with van der Waals surface area (Å²) >= 11 is 5.12. The lowest BCUT2D eigenvalue weighted by Crippen LogP contribution is -1.99. The minimum absolute atomic E-state index is 0.214. The van der Waals surface area contributed by atoms with Gasteiger partial charge in [-0.1, -0.05) is 25.2 Å². The predicted molar refractivity (Wildman–Crippen MR) is 75.4 cm³/mol. The van der Waals surface area contributed by atoms with Crippen LogP contribution in [0.4, 0.5) is 4.39 Å². The summed E-state index contributed by atoms with van der Waals surface area (Å²) in [6, 6.07) is 6.68. The monoisotopic (exact) mass is 278 g/mol. The van der Waals surface area contributed by atoms with Crippen LogP contribution in [0.1, 0.15) is 19.2 Å². The Morgan fingerprint density at radius 3 is 2.89 bits per heavy atom. The van der Waals surface area contributed by atoms with Crippen LogP contribution in [0.25, 0.3) is 11.3 Å². The second-order valence-electron chi connectivity index (χ2n) is 4.15. The SMILES string of the molecule is CCCc1nc(=S)cc(-c2cccc(OC)c2F)[nH]1. The molecule has 0 aliphatic heterocycles. The molecule has 1 aromatic heterocycles. The van der Waals surface area contributed by atoms with Gasteiger partial charge in [0.05, 0.1) is 12.8 Å². The largest absolute Gasteiger partial charge is 0.494 e. The number of nitrogens with zero attached hydrogens (tertiary/aromatic N) is 1. The fraction of sp³-hybridized carbons (Fsp3) is 0.286. The molecule has 2 aromatic rings. The average molecular weight is 278 g/mol. The van der Waals surface area contributed by atoms with Crippen LogP contribution in [-0.2, 0) is 6.42 Å². The van der Waals surface area contributed by atoms with Gasteiger partial charge < -0.3 is 9.72 Å². The summed E-state index contributed by atoms with van der Waals surface area (Å²) in [4.78, 5) is 7.35. The van der Waals surface area contributed by atoms with Gasteiger partial charge in [-0.15, -0.1) is 0 Å². The summed E-state index contributed by atoms with van der Waals surface area (Å²) < 4.78 is 19.7. The molecule has 100 valence electrons. The Morgan fingerprint density at radius 2 is 2.21 bits per heavy atom. The molecule has 0 spiro atoms. The van der Waals surface area contributed by atoms with Crippen molar-refractivity contribution in [1.82, 2.24) is 9.97 Å². The first-order chi connectivity index (χ1) is 9.15. The van der Waals surface area contributed by atoms with Crippen molar-refractivity contribution in [1.29, 1.82) is 0 Å². The van der Waals surface area contributed by atoms with Crippen molar-refractivity contribution >= 4 is 12.2 Å². The standard InChI is InChI=1S/C14H15FN2OS/c1-3-5-12-16-10(8-13(19)17-12)9-6-4-7-11(18-2)14(9)15/h4,6-8H,3,5H2,1-2H3,(H,16,17,19). The molecule has 0 saturated heterocycles. The fourth-order valence-corrected chi connectivity index (χ4v) is 2.11. The van der Waals surface area contributed by atoms with Gasteiger partial charge in [0, 0.05) is 12.0 Å². The molecular formula is C14H15FN2OS. The van der Waals surface area contributed by atoms with Crippen LogP contribution in [0.3, 0.4) is 0 Å². The van der Waals surface area contributed by atoms with Gasteiger partial charge in [0.1, 0.15) is 10.5 Å². The highest BCUT2D eigenvalue weighted by molar-refractivity contribution is 7.71. The van der Waals surface area contributed by atoms with E-state index in [1.54, 1.807) is 24.3 Å². The zero-order valence-electron chi connectivity index (χ0n) is 10.9. The molecule has 3 nitrogen and oxygen atoms in total. The van der Waals surface area contributed by atoms with E-state index in [4.69, 9.17) is 17.0 Å². The summed E-state index contributed by atoms with van der Waals surface area (Å²) in [6.07, 6.45) is 1.73. The Hall–Kier alpha value is -1.75. The summed E-state index contributed by atoms with van der Waals surface area (Å²) in [6.45, 7) is 2.05. The van der Waals surface area contributed by atoms with Crippen LogP contribution < -0.4 is 4.74 Å². The zero-order chi connectivity index (χ0) is 13.8. The first kappa shape index (κ1) is 13.7. The molecule has 0 atom stereocenters. The Morgan fingerprint density at radius 1 is 1.42 bits per heavy atom. The van der Waals surface area contributed by atoms with E-state index in [0.717, 1.165) is 18.7 Å². The van der Waals surface area contributed by atoms with E-state index in [2.05, 4.69) is 16.9 Å². The highest BCUT2D eigenvalue weighted by Gasteiger charge is 2.11. The maximum absolute atomic E-state index is 14.2. The number of H-pyrrole nitrogens is 1. The predicted octanol–water partition coefficient (Wildman–Crippen LogP) is 3.91. The normalized spacial score (nSPS) is 10.5. The maximum atomic E-state index is 14.2. The van der Waals surface area contributed by atoms with Crippen LogP contribution >= 0.6 is 12.2 Å². The van der Waals surface area contributed by atoms with Gasteiger partial charge in [-0.25, -0.2) is 9.37 Å². The van der Waals surface area contributed by atoms with E-state index < -0.39 is 5.82 Å². The average Bonchev–Trinajstić information content (AvgIpc) is 2.38. The van der Waals surface area contributed by atoms with Crippen LogP contribution in [0.5, 0.6) is 5.75 Å². The van der Waals surface area contributed by atoms with E-state index in [1.165, 1.54) is 7.11 Å². The number of aromatic amines is 1. The van der Waals surface area contributed by atoms with Crippen molar-refractivity contribution in [2.24, 2.45) is 0 Å². The summed E-state index contributed by atoms with van der Waals surface area (Å²) in [5.41, 5.74) is 1.06. The van der Waals surface area contributed by atoms with Gasteiger partial charge in [0.25, 0.3) is 0 Å². The lowest BCUT2D eigenvalue weighted by molar-refractivity contribution is 0.387. The van der Waals surface area contributed by atoms with E-state index >= 15 is 0 Å². The number of aromatic nitrogens is 2. The molecule has 0 amide bonds. The van der Waals surface area contributed by atoms with Gasteiger partial charge in [-0.3, -0.25) is 0 Å². The van der Waals surface area contributed by atoms with Crippen LogP contribution in [0, 0.1) is 10.5 Å². The van der Waals surface area contributed by atoms with E-state index in [-0.39, 0.29) is 5.75 Å². The molecule has 0 fully saturated rings. The molecular weight excluding hydrogens is 263 g/mol. The fourth-order valence-electron chi connectivity index (χ4n) is 1.88. The molecule has 0 bridgehead atoms. The number of rotatable bonds is 4. The molecule has 5 heteroatoms. The van der Waals surface area contributed by atoms with Crippen molar-refractivity contribution < 1.29 is 9.13 Å². The highest BCUT2D eigenvalue weighted by atomic mass is 32.1. The Kier molecular flexibility index (Phi) is 4.27. The van der Waals surface area contributed by atoms with Crippen molar-refractivity contribution in [3.05, 3.63) is 40.5 Å². The Bertz CT molecular complexity index is 640. The van der Waals surface area contributed by atoms with Crippen LogP contribution in [-0.4, -0.2) is 17.1 Å². The Labute approximate surface area is 116 Å². The molecule has 0 unspecified atom stereocenters. The second-order valence-corrected chi connectivity index (χ2v) is 4.57. The summed E-state index contributed by atoms with van der Waals surface area (Å²) in [5, 5.41) is 0. The number of aryl methyl sites for hydroxylation is 1. The minimum Gasteiger partial charge on any atom is -0.494 e. The van der Waals surface area contributed by atoms with E-state index in [9.17, 15) is 4.39 Å². The molecule has 19 heavy (non-hydrogen) atoms. The number of benzene rings is 1. The lowest BCUT2D eigenvalue weighted by Gasteiger charge is -2.09. The van der Waals surface area contributed by atoms with Crippen LogP contribution in [0.15, 0.2) is 24.3 Å². The quantitative estimate of drug-likeness (QED) is 0.862. The minimum atomic E-state index is -0.399. The molecule has 2 rings (SSSR count). The third kappa shape index (κ3) is 2.98. The maximum Gasteiger partial charge on any atom is 0.174 e. The smallest absolute Gasteiger partial charge is 0.174 e. The molecule has 0 radical (unpaired) electrons. The third-order valence-corrected chi connectivity index (χ3v) is 2.96. The van der Waals surface area contributed by atoms with Gasteiger partial charge in [0.2, 0.25) is 0 Å². The first-order valence-corrected chi connectivity index (χ1v) is 6.49. The summed E-state index contributed by atoms with van der Waals surface area (Å²) in [7, 11) is 1.44. The van der Waals surface area contributed by atoms with Crippen molar-refractivity contribution in [2.45, 2.75) is 19.8 Å². The molecule has 1 heterocycles. The van der Waals surface area contributed by atoms with Gasteiger partial charge in [-0.2, -0.15) is 0 Å². The van der Waals surface area contributed by atoms with E-state index in [0.29, 0.717) is 15.9 Å². The number of halogens is 1. The topological polar surface area (TPSA) is 37.9 Å². The van der Waals surface area contributed by atoms with E-state index in [1.807, 2.05) is 0 Å². The zero-order valence-corrected chi connectivity index (χ0v) is 11.7. The molecule has 0 saturated carbocycles. The first-order valence-electron chi connectivity index (χ1n) is 6.08. The number of nitrogens with one attached hydrogen (secondary N) is 1. The number of methoxy groups -OCH3 is 1. The van der Waals surface area contributed by atoms with Crippen molar-refractivity contribution in [3.63, 3.8) is 0 Å². The summed E-state index contributed by atoms with van der Waals surface area (Å²) in [5.74, 6) is 0.585. The van der Waals surface area contributed by atoms with Crippen LogP contribution in [0.2, 0.25) is 0 Å². The number of hydrogen-bond donors (Lipinski definition) is 1. The van der Waals surface area contributed by atoms with Crippen molar-refractivity contribution in [3.8, 4) is 17.0 Å². The Balaban J connectivity index is 2.55. The second kappa shape index (κ2) is 5.93. The highest BCUT2D eigenvalue weighted by Crippen LogP contribution is 2.27. The molecule has 0 aliphatic carbocycles. The molecule has 1 aromatic carbocycles. The van der Waals surface area contributed by atoms with Gasteiger partial charge in [-0.05, 0) is 24.6 Å². The molecule has 0 aliphatic rings. The van der Waals surface area contributed by atoms with Crippen molar-refractivity contribution in [2.75, 3.05) is 7.11 Å². The van der Waals surface area contributed by atoms with Gasteiger partial charge in [0.15, 0.2) is 11.6 Å². The van der Waals surface area contributed by atoms with Gasteiger partial charge >= 0.3 is 0 Å². The number of ether oxygens (including phenoxy) is 1.